The highest BCUT2D eigenvalue weighted by Gasteiger charge is 2.44. The summed E-state index contributed by atoms with van der Waals surface area (Å²) in [5.41, 5.74) is -0.491. The number of carbonyl (C=O) groups excluding carboxylic acids is 1. The molecule has 3 aliphatic heterocycles. The van der Waals surface area contributed by atoms with Crippen molar-refractivity contribution in [3.63, 3.8) is 0 Å². The minimum atomic E-state index is -4.80. The predicted molar refractivity (Wildman–Crippen MR) is 157 cm³/mol. The van der Waals surface area contributed by atoms with Gasteiger partial charge in [0.15, 0.2) is 0 Å². The maximum atomic E-state index is 14.9. The van der Waals surface area contributed by atoms with Crippen LogP contribution in [0.3, 0.4) is 0 Å². The Morgan fingerprint density at radius 1 is 1.23 bits per heavy atom. The van der Waals surface area contributed by atoms with Gasteiger partial charge in [-0.25, -0.2) is 9.38 Å². The zero-order chi connectivity index (χ0) is 31.2. The van der Waals surface area contributed by atoms with Crippen LogP contribution >= 0.6 is 23.4 Å². The molecule has 1 saturated heterocycles. The first-order chi connectivity index (χ1) is 20.3. The highest BCUT2D eigenvalue weighted by Crippen LogP contribution is 2.51. The number of amides is 1. The molecule has 8 nitrogen and oxygen atoms in total. The Morgan fingerprint density at radius 3 is 2.53 bits per heavy atom. The first kappa shape index (κ1) is 31.6. The van der Waals surface area contributed by atoms with Crippen molar-refractivity contribution in [1.29, 1.82) is 0 Å². The zero-order valence-corrected chi connectivity index (χ0v) is 25.3. The van der Waals surface area contributed by atoms with Gasteiger partial charge in [0.1, 0.15) is 18.4 Å². The van der Waals surface area contributed by atoms with Crippen molar-refractivity contribution in [1.82, 2.24) is 9.80 Å². The molecule has 232 valence electrons. The predicted octanol–water partition coefficient (Wildman–Crippen LogP) is 5.21. The van der Waals surface area contributed by atoms with Gasteiger partial charge in [-0.1, -0.05) is 24.2 Å². The second kappa shape index (κ2) is 12.3. The third kappa shape index (κ3) is 5.97. The van der Waals surface area contributed by atoms with E-state index in [0.29, 0.717) is 5.69 Å². The molecule has 0 aliphatic carbocycles. The number of amidine groups is 1. The van der Waals surface area contributed by atoms with E-state index >= 15 is 0 Å². The summed E-state index contributed by atoms with van der Waals surface area (Å²) in [4.78, 5) is 22.3. The van der Waals surface area contributed by atoms with Crippen molar-refractivity contribution < 1.29 is 36.9 Å². The average Bonchev–Trinajstić information content (AvgIpc) is 3.14. The van der Waals surface area contributed by atoms with E-state index in [1.807, 2.05) is 13.8 Å². The number of hydrogen-bond acceptors (Lipinski definition) is 8. The number of benzene rings is 2. The Labute approximate surface area is 255 Å². The highest BCUT2D eigenvalue weighted by molar-refractivity contribution is 7.99. The quantitative estimate of drug-likeness (QED) is 0.273. The number of anilines is 1. The Kier molecular flexibility index (Phi) is 9.01. The molecule has 2 unspecified atom stereocenters. The van der Waals surface area contributed by atoms with E-state index in [2.05, 4.69) is 11.6 Å². The number of nitrogens with zero attached hydrogens (tertiary/aromatic N) is 4. The number of halogens is 5. The van der Waals surface area contributed by atoms with Gasteiger partial charge in [-0.2, -0.15) is 13.2 Å². The lowest BCUT2D eigenvalue weighted by atomic mass is 9.93. The monoisotopic (exact) mass is 642 g/mol. The summed E-state index contributed by atoms with van der Waals surface area (Å²) in [7, 11) is 1.46. The first-order valence-corrected chi connectivity index (χ1v) is 14.9. The van der Waals surface area contributed by atoms with Gasteiger partial charge < -0.3 is 29.3 Å². The van der Waals surface area contributed by atoms with Crippen LogP contribution in [0.25, 0.3) is 11.1 Å². The van der Waals surface area contributed by atoms with Crippen LogP contribution in [0.15, 0.2) is 46.8 Å². The lowest BCUT2D eigenvalue weighted by Gasteiger charge is -2.47. The third-order valence-corrected chi connectivity index (χ3v) is 9.21. The van der Waals surface area contributed by atoms with Crippen molar-refractivity contribution in [3.05, 3.63) is 58.9 Å². The van der Waals surface area contributed by atoms with Gasteiger partial charge in [-0.3, -0.25) is 4.79 Å². The summed E-state index contributed by atoms with van der Waals surface area (Å²) >= 11 is 7.19. The number of carbonyl (C=O) groups is 1. The number of alkyl halides is 3. The molecule has 5 rings (SSSR count). The van der Waals surface area contributed by atoms with E-state index in [4.69, 9.17) is 21.1 Å². The van der Waals surface area contributed by atoms with Gasteiger partial charge in [-0.15, -0.1) is 11.8 Å². The molecule has 0 radical (unpaired) electrons. The van der Waals surface area contributed by atoms with Crippen LogP contribution in [-0.4, -0.2) is 90.5 Å². The standard InChI is InChI=1S/C29H31ClF4N4O4S/c1-5-23(39)38-15(2)10-36(11-16(38)3)27-19-9-20(29(32,33)34)24(17-6-7-22(31)21(30)8-17)26-25(19)37(28(40)35-27)12-18(13-43-26)42-14-41-4/h5-9,15-16,18,28,40H,1,10-14H2,2-4H3/t15-,16+,18?,28?. The molecule has 0 saturated carbocycles. The molecule has 3 aliphatic rings. The molecule has 43 heavy (non-hydrogen) atoms. The number of methoxy groups -OCH3 is 1. The fourth-order valence-corrected chi connectivity index (χ4v) is 7.43. The normalized spacial score (nSPS) is 23.9. The molecule has 2 aromatic carbocycles. The van der Waals surface area contributed by atoms with Crippen molar-refractivity contribution in [3.8, 4) is 11.1 Å². The van der Waals surface area contributed by atoms with Crippen molar-refractivity contribution in [2.75, 3.05) is 44.2 Å². The number of thioether (sulfide) groups is 1. The lowest BCUT2D eigenvalue weighted by Crippen LogP contribution is -2.60. The van der Waals surface area contributed by atoms with E-state index in [0.717, 1.165) is 23.9 Å². The van der Waals surface area contributed by atoms with Crippen LogP contribution in [0.4, 0.5) is 23.2 Å². The molecule has 4 atom stereocenters. The minimum absolute atomic E-state index is 0.0510. The topological polar surface area (TPSA) is 77.8 Å². The summed E-state index contributed by atoms with van der Waals surface area (Å²) in [6.07, 6.45) is -5.53. The van der Waals surface area contributed by atoms with Crippen LogP contribution in [0.1, 0.15) is 25.0 Å². The molecule has 1 fully saturated rings. The molecule has 0 aromatic heterocycles. The summed E-state index contributed by atoms with van der Waals surface area (Å²) < 4.78 is 69.6. The van der Waals surface area contributed by atoms with Crippen LogP contribution in [0, 0.1) is 5.82 Å². The van der Waals surface area contributed by atoms with E-state index in [1.165, 1.54) is 30.2 Å². The molecule has 1 amide bonds. The molecular formula is C29H31ClF4N4O4S. The van der Waals surface area contributed by atoms with Crippen LogP contribution in [0.2, 0.25) is 5.02 Å². The summed E-state index contributed by atoms with van der Waals surface area (Å²) in [6.45, 7) is 7.87. The maximum absolute atomic E-state index is 14.9. The number of aliphatic imine (C=N–C) groups is 1. The Hall–Kier alpha value is -2.84. The molecular weight excluding hydrogens is 612 g/mol. The molecule has 1 N–H and O–H groups in total. The van der Waals surface area contributed by atoms with E-state index in [-0.39, 0.29) is 82.6 Å². The summed E-state index contributed by atoms with van der Waals surface area (Å²) in [5, 5.41) is 11.1. The van der Waals surface area contributed by atoms with Gasteiger partial charge in [0, 0.05) is 60.6 Å². The van der Waals surface area contributed by atoms with Gasteiger partial charge in [0.2, 0.25) is 12.3 Å². The van der Waals surface area contributed by atoms with Crippen molar-refractivity contribution >= 4 is 40.8 Å². The largest absolute Gasteiger partial charge is 0.417 e. The van der Waals surface area contributed by atoms with Crippen LogP contribution in [-0.2, 0) is 20.4 Å². The zero-order valence-electron chi connectivity index (χ0n) is 23.7. The molecule has 2 aromatic rings. The molecule has 14 heteroatoms. The molecule has 0 spiro atoms. The number of aliphatic hydroxyl groups is 1. The number of rotatable bonds is 5. The minimum Gasteiger partial charge on any atom is -0.359 e. The van der Waals surface area contributed by atoms with E-state index < -0.39 is 30.0 Å². The Morgan fingerprint density at radius 2 is 1.93 bits per heavy atom. The van der Waals surface area contributed by atoms with Crippen molar-refractivity contribution in [2.24, 2.45) is 4.99 Å². The van der Waals surface area contributed by atoms with Crippen molar-refractivity contribution in [2.45, 2.75) is 49.5 Å². The van der Waals surface area contributed by atoms with Gasteiger partial charge in [0.25, 0.3) is 0 Å². The summed E-state index contributed by atoms with van der Waals surface area (Å²) in [6, 6.07) is 3.88. The van der Waals surface area contributed by atoms with Gasteiger partial charge in [-0.05, 0) is 43.7 Å². The average molecular weight is 643 g/mol. The van der Waals surface area contributed by atoms with E-state index in [9.17, 15) is 27.5 Å². The number of piperazine rings is 1. The Bertz CT molecular complexity index is 1450. The smallest absolute Gasteiger partial charge is 0.359 e. The number of hydrogen-bond donors (Lipinski definition) is 1. The number of ether oxygens (including phenoxy) is 2. The molecule has 3 heterocycles. The fraction of sp³-hybridized carbons (Fsp3) is 0.448. The lowest BCUT2D eigenvalue weighted by molar-refractivity contribution is -0.137. The first-order valence-electron chi connectivity index (χ1n) is 13.5. The maximum Gasteiger partial charge on any atom is 0.417 e. The van der Waals surface area contributed by atoms with Gasteiger partial charge in [0.05, 0.1) is 22.4 Å². The van der Waals surface area contributed by atoms with E-state index in [1.54, 1.807) is 9.80 Å². The second-order valence-corrected chi connectivity index (χ2v) is 12.1. The SMILES string of the molecule is C=CC(=O)N1[C@H](C)CN(C2=NC(O)N3CC(OCOC)CSc4c(-c5ccc(F)c(Cl)c5)c(C(F)(F)F)cc2c43)C[C@@H]1C. The molecule has 0 bridgehead atoms. The third-order valence-electron chi connectivity index (χ3n) is 7.70. The second-order valence-electron chi connectivity index (χ2n) is 10.7. The van der Waals surface area contributed by atoms with Crippen LogP contribution < -0.4 is 4.90 Å². The van der Waals surface area contributed by atoms with Crippen LogP contribution in [0.5, 0.6) is 0 Å². The van der Waals surface area contributed by atoms with Gasteiger partial charge >= 0.3 is 6.18 Å². The highest BCUT2D eigenvalue weighted by atomic mass is 35.5. The fourth-order valence-electron chi connectivity index (χ4n) is 5.96. The number of aliphatic hydroxyl groups excluding tert-OH is 1. The Balaban J connectivity index is 1.72. The summed E-state index contributed by atoms with van der Waals surface area (Å²) in [5.74, 6) is -0.568.